The van der Waals surface area contributed by atoms with E-state index in [-0.39, 0.29) is 0 Å². The molecule has 4 aliphatic rings. The number of hydrogen-bond acceptors (Lipinski definition) is 1. The second kappa shape index (κ2) is 7.90. The molecule has 28 heavy (non-hydrogen) atoms. The molecule has 1 heteroatoms. The van der Waals surface area contributed by atoms with Crippen LogP contribution in [0.15, 0.2) is 0 Å². The largest absolute Gasteiger partial charge is 0.390 e. The zero-order valence-electron chi connectivity index (χ0n) is 19.6. The highest BCUT2D eigenvalue weighted by Crippen LogP contribution is 2.66. The molecule has 4 unspecified atom stereocenters. The fraction of sp³-hybridized carbons (Fsp3) is 1.00. The van der Waals surface area contributed by atoms with E-state index in [0.717, 1.165) is 47.8 Å². The summed E-state index contributed by atoms with van der Waals surface area (Å²) in [5.74, 6) is 7.09. The zero-order valence-corrected chi connectivity index (χ0v) is 19.6. The van der Waals surface area contributed by atoms with Gasteiger partial charge < -0.3 is 5.11 Å². The van der Waals surface area contributed by atoms with E-state index in [4.69, 9.17) is 0 Å². The van der Waals surface area contributed by atoms with Gasteiger partial charge in [0.25, 0.3) is 0 Å². The zero-order chi connectivity index (χ0) is 20.1. The topological polar surface area (TPSA) is 20.2 Å². The third-order valence-electron chi connectivity index (χ3n) is 11.1. The quantitative estimate of drug-likeness (QED) is 0.484. The molecule has 4 fully saturated rings. The predicted octanol–water partition coefficient (Wildman–Crippen LogP) is 7.47. The molecule has 1 N–H and O–H groups in total. The van der Waals surface area contributed by atoms with Crippen molar-refractivity contribution in [2.24, 2.45) is 52.8 Å². The first kappa shape index (κ1) is 21.2. The summed E-state index contributed by atoms with van der Waals surface area (Å²) in [6.45, 7) is 12.1. The van der Waals surface area contributed by atoms with Crippen LogP contribution in [0.3, 0.4) is 0 Å². The van der Waals surface area contributed by atoms with Gasteiger partial charge in [0.1, 0.15) is 0 Å². The summed E-state index contributed by atoms with van der Waals surface area (Å²) in [4.78, 5) is 0. The van der Waals surface area contributed by atoms with Gasteiger partial charge in [-0.1, -0.05) is 53.4 Å². The molecule has 0 aliphatic heterocycles. The van der Waals surface area contributed by atoms with Crippen molar-refractivity contribution in [2.45, 2.75) is 117 Å². The Kier molecular flexibility index (Phi) is 5.98. The number of fused-ring (bicyclic) bond motifs is 5. The second-order valence-corrected chi connectivity index (χ2v) is 12.2. The average Bonchev–Trinajstić information content (AvgIpc) is 3.02. The third kappa shape index (κ3) is 3.40. The molecule has 4 rings (SSSR count). The standard InChI is InChI=1S/C27H48O/c1-6-7-8-9-18(2)20-14-16-26(4)24(20)13-11-23-22-15-17-27(5,28)19(3)21(22)10-12-25(23)26/h18-25,28H,6-17H2,1-5H3/t18?,19-,20+,21?,22-,23?,24+,25?,26+,27-/m0/s1. The Bertz CT molecular complexity index is 538. The summed E-state index contributed by atoms with van der Waals surface area (Å²) in [5.41, 5.74) is 0.211. The molecule has 0 spiro atoms. The van der Waals surface area contributed by atoms with E-state index in [1.807, 2.05) is 0 Å². The van der Waals surface area contributed by atoms with Gasteiger partial charge in [-0.2, -0.15) is 0 Å². The lowest BCUT2D eigenvalue weighted by Crippen LogP contribution is -2.54. The van der Waals surface area contributed by atoms with Crippen molar-refractivity contribution >= 4 is 0 Å². The summed E-state index contributed by atoms with van der Waals surface area (Å²) in [7, 11) is 0. The van der Waals surface area contributed by atoms with E-state index in [0.29, 0.717) is 11.3 Å². The highest BCUT2D eigenvalue weighted by atomic mass is 16.3. The molecule has 0 radical (unpaired) electrons. The van der Waals surface area contributed by atoms with Crippen LogP contribution < -0.4 is 0 Å². The molecule has 1 nitrogen and oxygen atoms in total. The minimum Gasteiger partial charge on any atom is -0.390 e. The molecule has 0 saturated heterocycles. The number of unbranched alkanes of at least 4 members (excludes halogenated alkanes) is 2. The Balaban J connectivity index is 1.47. The molecule has 10 atom stereocenters. The number of aliphatic hydroxyl groups is 1. The van der Waals surface area contributed by atoms with Crippen molar-refractivity contribution in [1.82, 2.24) is 0 Å². The Hall–Kier alpha value is -0.0400. The molecule has 162 valence electrons. The highest BCUT2D eigenvalue weighted by Gasteiger charge is 2.59. The second-order valence-electron chi connectivity index (χ2n) is 12.2. The summed E-state index contributed by atoms with van der Waals surface area (Å²) in [6, 6.07) is 0. The van der Waals surface area contributed by atoms with Crippen LogP contribution in [0.2, 0.25) is 0 Å². The van der Waals surface area contributed by atoms with Crippen molar-refractivity contribution in [1.29, 1.82) is 0 Å². The van der Waals surface area contributed by atoms with E-state index >= 15 is 0 Å². The summed E-state index contributed by atoms with van der Waals surface area (Å²) < 4.78 is 0. The SMILES string of the molecule is CCCCCC(C)[C@H]1CC[C@@]2(C)C3CCC4[C@H](CC[C@](C)(O)[C@H]4C)C3CC[C@H]12. The Morgan fingerprint density at radius 3 is 2.32 bits per heavy atom. The minimum absolute atomic E-state index is 0.415. The highest BCUT2D eigenvalue weighted by molar-refractivity contribution is 5.08. The van der Waals surface area contributed by atoms with Gasteiger partial charge in [0.2, 0.25) is 0 Å². The van der Waals surface area contributed by atoms with Gasteiger partial charge in [-0.05, 0) is 111 Å². The monoisotopic (exact) mass is 388 g/mol. The van der Waals surface area contributed by atoms with Crippen molar-refractivity contribution in [2.75, 3.05) is 0 Å². The Labute approximate surface area is 175 Å². The molecule has 0 bridgehead atoms. The average molecular weight is 389 g/mol. The van der Waals surface area contributed by atoms with Crippen LogP contribution in [-0.2, 0) is 0 Å². The molecular weight excluding hydrogens is 340 g/mol. The van der Waals surface area contributed by atoms with Crippen LogP contribution in [0.25, 0.3) is 0 Å². The molecule has 4 aliphatic carbocycles. The van der Waals surface area contributed by atoms with Crippen molar-refractivity contribution < 1.29 is 5.11 Å². The van der Waals surface area contributed by atoms with Gasteiger partial charge >= 0.3 is 0 Å². The lowest BCUT2D eigenvalue weighted by molar-refractivity contribution is -0.138. The molecule has 0 aromatic heterocycles. The lowest BCUT2D eigenvalue weighted by atomic mass is 9.46. The number of rotatable bonds is 5. The first-order chi connectivity index (χ1) is 13.3. The smallest absolute Gasteiger partial charge is 0.0648 e. The van der Waals surface area contributed by atoms with Crippen molar-refractivity contribution in [3.8, 4) is 0 Å². The Morgan fingerprint density at radius 2 is 1.57 bits per heavy atom. The lowest BCUT2D eigenvalue weighted by Gasteiger charge is -2.59. The van der Waals surface area contributed by atoms with E-state index in [9.17, 15) is 5.11 Å². The summed E-state index contributed by atoms with van der Waals surface area (Å²) in [5, 5.41) is 10.9. The summed E-state index contributed by atoms with van der Waals surface area (Å²) in [6.07, 6.45) is 16.9. The van der Waals surface area contributed by atoms with Crippen molar-refractivity contribution in [3.63, 3.8) is 0 Å². The van der Waals surface area contributed by atoms with Gasteiger partial charge in [0.05, 0.1) is 5.60 Å². The molecule has 0 aromatic rings. The minimum atomic E-state index is -0.415. The maximum Gasteiger partial charge on any atom is 0.0648 e. The van der Waals surface area contributed by atoms with E-state index in [2.05, 4.69) is 34.6 Å². The van der Waals surface area contributed by atoms with Gasteiger partial charge in [-0.3, -0.25) is 0 Å². The van der Waals surface area contributed by atoms with Gasteiger partial charge in [0.15, 0.2) is 0 Å². The number of hydrogen-bond donors (Lipinski definition) is 1. The first-order valence-electron chi connectivity index (χ1n) is 13.0. The van der Waals surface area contributed by atoms with Crippen LogP contribution in [0.1, 0.15) is 112 Å². The van der Waals surface area contributed by atoms with Gasteiger partial charge in [0, 0.05) is 0 Å². The van der Waals surface area contributed by atoms with E-state index < -0.39 is 5.60 Å². The maximum atomic E-state index is 10.9. The molecular formula is C27H48O. The van der Waals surface area contributed by atoms with Crippen LogP contribution in [0.5, 0.6) is 0 Å². The maximum absolute atomic E-state index is 10.9. The van der Waals surface area contributed by atoms with Gasteiger partial charge in [-0.15, -0.1) is 0 Å². The van der Waals surface area contributed by atoms with Crippen LogP contribution >= 0.6 is 0 Å². The van der Waals surface area contributed by atoms with Crippen LogP contribution in [0, 0.1) is 52.8 Å². The predicted molar refractivity (Wildman–Crippen MR) is 119 cm³/mol. The molecule has 0 amide bonds. The molecule has 4 saturated carbocycles. The summed E-state index contributed by atoms with van der Waals surface area (Å²) >= 11 is 0. The van der Waals surface area contributed by atoms with Crippen LogP contribution in [-0.4, -0.2) is 10.7 Å². The van der Waals surface area contributed by atoms with E-state index in [1.54, 1.807) is 0 Å². The van der Waals surface area contributed by atoms with Crippen LogP contribution in [0.4, 0.5) is 0 Å². The fourth-order valence-corrected chi connectivity index (χ4v) is 9.19. The molecule has 0 aromatic carbocycles. The normalized spacial score (nSPS) is 51.9. The fourth-order valence-electron chi connectivity index (χ4n) is 9.19. The molecule has 0 heterocycles. The van der Waals surface area contributed by atoms with Gasteiger partial charge in [-0.25, -0.2) is 0 Å². The van der Waals surface area contributed by atoms with Crippen molar-refractivity contribution in [3.05, 3.63) is 0 Å². The third-order valence-corrected chi connectivity index (χ3v) is 11.1. The first-order valence-corrected chi connectivity index (χ1v) is 13.0. The van der Waals surface area contributed by atoms with E-state index in [1.165, 1.54) is 70.6 Å². The Morgan fingerprint density at radius 1 is 0.857 bits per heavy atom.